The lowest BCUT2D eigenvalue weighted by atomic mass is 10.1. The van der Waals surface area contributed by atoms with Crippen molar-refractivity contribution >= 4 is 45.9 Å². The molecule has 3 nitrogen and oxygen atoms in total. The second kappa shape index (κ2) is 8.68. The minimum Gasteiger partial charge on any atom is -0.370 e. The van der Waals surface area contributed by atoms with E-state index in [0.717, 1.165) is 16.5 Å². The number of hydrogen-bond acceptors (Lipinski definition) is 1. The van der Waals surface area contributed by atoms with Crippen molar-refractivity contribution in [3.63, 3.8) is 0 Å². The van der Waals surface area contributed by atoms with Gasteiger partial charge in [-0.2, -0.15) is 0 Å². The summed E-state index contributed by atoms with van der Waals surface area (Å²) in [5.74, 6) is 0.239. The molecule has 3 N–H and O–H groups in total. The Labute approximate surface area is 126 Å². The smallest absolute Gasteiger partial charge is 0.188 e. The number of nitrogens with two attached hydrogens (primary N) is 1. The molecule has 0 fully saturated rings. The fraction of sp³-hybridized carbons (Fsp3) is 0.364. The number of benzene rings is 1. The number of aliphatic imine (C=N–C) groups is 1. The van der Waals surface area contributed by atoms with Gasteiger partial charge in [0.05, 0.1) is 0 Å². The molecule has 96 valence electrons. The molecular formula is C11H16BrFIN3. The second-order valence-electron chi connectivity index (χ2n) is 3.37. The summed E-state index contributed by atoms with van der Waals surface area (Å²) in [5, 5.41) is 2.93. The first kappa shape index (κ1) is 16.6. The normalized spacial score (nSPS) is 10.9. The predicted molar refractivity (Wildman–Crippen MR) is 83.4 cm³/mol. The lowest BCUT2D eigenvalue weighted by Gasteiger charge is -2.05. The molecule has 0 radical (unpaired) electrons. The van der Waals surface area contributed by atoms with Crippen LogP contribution in [0.1, 0.15) is 12.0 Å². The maximum atomic E-state index is 13.4. The van der Waals surface area contributed by atoms with Crippen LogP contribution in [0.4, 0.5) is 4.39 Å². The Morgan fingerprint density at radius 2 is 2.24 bits per heavy atom. The first-order chi connectivity index (χ1) is 7.63. The zero-order valence-electron chi connectivity index (χ0n) is 9.54. The number of nitrogens with one attached hydrogen (secondary N) is 1. The highest BCUT2D eigenvalue weighted by Gasteiger charge is 2.02. The third kappa shape index (κ3) is 6.21. The predicted octanol–water partition coefficient (Wildman–Crippen LogP) is 2.67. The molecule has 0 saturated heterocycles. The van der Waals surface area contributed by atoms with Crippen LogP contribution in [0.15, 0.2) is 27.7 Å². The standard InChI is InChI=1S/C11H15BrFN3.HI/c1-15-11(14)16-6-2-3-8-4-5-9(12)7-10(8)13;/h4-5,7H,2-3,6H2,1H3,(H3,14,15,16);1H. The second-order valence-corrected chi connectivity index (χ2v) is 4.29. The molecule has 0 aromatic heterocycles. The summed E-state index contributed by atoms with van der Waals surface area (Å²) in [5.41, 5.74) is 6.18. The minimum absolute atomic E-state index is 0. The molecule has 0 aliphatic carbocycles. The molecule has 1 aromatic rings. The lowest BCUT2D eigenvalue weighted by molar-refractivity contribution is 0.602. The molecule has 0 heterocycles. The summed E-state index contributed by atoms with van der Waals surface area (Å²) in [7, 11) is 1.62. The van der Waals surface area contributed by atoms with Gasteiger partial charge in [-0.15, -0.1) is 24.0 Å². The summed E-state index contributed by atoms with van der Waals surface area (Å²) in [6, 6.07) is 5.11. The van der Waals surface area contributed by atoms with E-state index >= 15 is 0 Å². The first-order valence-corrected chi connectivity index (χ1v) is 5.83. The highest BCUT2D eigenvalue weighted by atomic mass is 127. The highest BCUT2D eigenvalue weighted by molar-refractivity contribution is 14.0. The van der Waals surface area contributed by atoms with Crippen LogP contribution < -0.4 is 11.1 Å². The van der Waals surface area contributed by atoms with Crippen LogP contribution in [0.2, 0.25) is 0 Å². The van der Waals surface area contributed by atoms with E-state index in [2.05, 4.69) is 26.2 Å². The summed E-state index contributed by atoms with van der Waals surface area (Å²) < 4.78 is 14.2. The quantitative estimate of drug-likeness (QED) is 0.344. The van der Waals surface area contributed by atoms with Crippen LogP contribution in [0.5, 0.6) is 0 Å². The zero-order chi connectivity index (χ0) is 12.0. The summed E-state index contributed by atoms with van der Waals surface area (Å²) >= 11 is 3.22. The van der Waals surface area contributed by atoms with Crippen LogP contribution in [0.3, 0.4) is 0 Å². The van der Waals surface area contributed by atoms with Crippen molar-refractivity contribution in [1.29, 1.82) is 0 Å². The number of rotatable bonds is 4. The maximum Gasteiger partial charge on any atom is 0.188 e. The third-order valence-corrected chi connectivity index (χ3v) is 2.68. The van der Waals surface area contributed by atoms with Gasteiger partial charge in [-0.3, -0.25) is 4.99 Å². The van der Waals surface area contributed by atoms with E-state index in [1.54, 1.807) is 13.1 Å². The zero-order valence-corrected chi connectivity index (χ0v) is 13.5. The molecule has 6 heteroatoms. The molecule has 0 spiro atoms. The Morgan fingerprint density at radius 1 is 1.53 bits per heavy atom. The van der Waals surface area contributed by atoms with Crippen LogP contribution >= 0.6 is 39.9 Å². The van der Waals surface area contributed by atoms with Crippen LogP contribution in [0, 0.1) is 5.82 Å². The Morgan fingerprint density at radius 3 is 2.82 bits per heavy atom. The van der Waals surface area contributed by atoms with E-state index in [1.807, 2.05) is 6.07 Å². The average Bonchev–Trinajstić information content (AvgIpc) is 2.26. The largest absolute Gasteiger partial charge is 0.370 e. The summed E-state index contributed by atoms with van der Waals surface area (Å²) in [6.07, 6.45) is 1.50. The Hall–Kier alpha value is -0.370. The Bertz CT molecular complexity index is 385. The van der Waals surface area contributed by atoms with Crippen molar-refractivity contribution in [2.24, 2.45) is 10.7 Å². The molecule has 0 unspecified atom stereocenters. The first-order valence-electron chi connectivity index (χ1n) is 5.03. The molecule has 1 rings (SSSR count). The average molecular weight is 416 g/mol. The molecule has 0 saturated carbocycles. The van der Waals surface area contributed by atoms with Gasteiger partial charge in [-0.25, -0.2) is 4.39 Å². The van der Waals surface area contributed by atoms with E-state index in [9.17, 15) is 4.39 Å². The molecule has 0 amide bonds. The Balaban J connectivity index is 0.00000256. The van der Waals surface area contributed by atoms with Crippen molar-refractivity contribution in [2.45, 2.75) is 12.8 Å². The number of halogens is 3. The van der Waals surface area contributed by atoms with Gasteiger partial charge in [-0.05, 0) is 30.5 Å². The monoisotopic (exact) mass is 415 g/mol. The summed E-state index contributed by atoms with van der Waals surface area (Å²) in [4.78, 5) is 3.77. The van der Waals surface area contributed by atoms with Crippen molar-refractivity contribution in [3.05, 3.63) is 34.1 Å². The van der Waals surface area contributed by atoms with E-state index in [0.29, 0.717) is 18.9 Å². The molecule has 17 heavy (non-hydrogen) atoms. The lowest BCUT2D eigenvalue weighted by Crippen LogP contribution is -2.32. The van der Waals surface area contributed by atoms with Gasteiger partial charge in [0.2, 0.25) is 0 Å². The van der Waals surface area contributed by atoms with Gasteiger partial charge in [0, 0.05) is 18.1 Å². The fourth-order valence-corrected chi connectivity index (χ4v) is 1.63. The molecule has 0 aliphatic rings. The van der Waals surface area contributed by atoms with Crippen LogP contribution in [-0.2, 0) is 6.42 Å². The molecule has 0 atom stereocenters. The molecule has 0 bridgehead atoms. The Kier molecular flexibility index (Phi) is 8.49. The molecule has 1 aromatic carbocycles. The third-order valence-electron chi connectivity index (χ3n) is 2.19. The summed E-state index contributed by atoms with van der Waals surface area (Å²) in [6.45, 7) is 0.693. The van der Waals surface area contributed by atoms with Crippen molar-refractivity contribution in [2.75, 3.05) is 13.6 Å². The van der Waals surface area contributed by atoms with E-state index < -0.39 is 0 Å². The van der Waals surface area contributed by atoms with Gasteiger partial charge >= 0.3 is 0 Å². The van der Waals surface area contributed by atoms with E-state index in [4.69, 9.17) is 5.73 Å². The number of guanidine groups is 1. The van der Waals surface area contributed by atoms with Gasteiger partial charge in [-0.1, -0.05) is 22.0 Å². The van der Waals surface area contributed by atoms with Crippen molar-refractivity contribution < 1.29 is 4.39 Å². The maximum absolute atomic E-state index is 13.4. The number of hydrogen-bond donors (Lipinski definition) is 2. The molecular weight excluding hydrogens is 400 g/mol. The van der Waals surface area contributed by atoms with E-state index in [-0.39, 0.29) is 29.8 Å². The van der Waals surface area contributed by atoms with Gasteiger partial charge in [0.25, 0.3) is 0 Å². The van der Waals surface area contributed by atoms with Crippen molar-refractivity contribution in [3.8, 4) is 0 Å². The minimum atomic E-state index is -0.175. The number of aryl methyl sites for hydroxylation is 1. The van der Waals surface area contributed by atoms with Crippen LogP contribution in [-0.4, -0.2) is 19.6 Å². The van der Waals surface area contributed by atoms with E-state index in [1.165, 1.54) is 6.07 Å². The highest BCUT2D eigenvalue weighted by Crippen LogP contribution is 2.16. The van der Waals surface area contributed by atoms with Gasteiger partial charge in [0.1, 0.15) is 5.82 Å². The van der Waals surface area contributed by atoms with Crippen molar-refractivity contribution in [1.82, 2.24) is 5.32 Å². The van der Waals surface area contributed by atoms with Crippen LogP contribution in [0.25, 0.3) is 0 Å². The molecule has 0 aliphatic heterocycles. The van der Waals surface area contributed by atoms with Gasteiger partial charge in [0.15, 0.2) is 5.96 Å². The fourth-order valence-electron chi connectivity index (χ4n) is 1.30. The van der Waals surface area contributed by atoms with Gasteiger partial charge < -0.3 is 11.1 Å². The number of nitrogens with zero attached hydrogens (tertiary/aromatic N) is 1. The SMILES string of the molecule is CN=C(N)NCCCc1ccc(Br)cc1F.I. The topological polar surface area (TPSA) is 50.4 Å².